The summed E-state index contributed by atoms with van der Waals surface area (Å²) in [5.41, 5.74) is 1.93. The smallest absolute Gasteiger partial charge is 0.244 e. The molecule has 0 fully saturated rings. The summed E-state index contributed by atoms with van der Waals surface area (Å²) in [6.07, 6.45) is 3.00. The fourth-order valence-corrected chi connectivity index (χ4v) is 2.34. The maximum Gasteiger partial charge on any atom is 0.244 e. The van der Waals surface area contributed by atoms with E-state index in [0.717, 1.165) is 0 Å². The molecule has 0 aliphatic heterocycles. The van der Waals surface area contributed by atoms with Crippen LogP contribution in [-0.4, -0.2) is 27.2 Å². The zero-order valence-corrected chi connectivity index (χ0v) is 15.3. The maximum atomic E-state index is 13.5. The molecule has 0 unspecified atom stereocenters. The molecule has 0 aliphatic carbocycles. The number of halogens is 1. The summed E-state index contributed by atoms with van der Waals surface area (Å²) in [4.78, 5) is 12.0. The Morgan fingerprint density at radius 3 is 2.31 bits per heavy atom. The molecule has 0 aromatic heterocycles. The van der Waals surface area contributed by atoms with E-state index in [1.54, 1.807) is 37.3 Å². The van der Waals surface area contributed by atoms with Gasteiger partial charge in [0.05, 0.1) is 21.3 Å². The van der Waals surface area contributed by atoms with E-state index in [-0.39, 0.29) is 18.3 Å². The first-order valence-corrected chi connectivity index (χ1v) is 7.99. The van der Waals surface area contributed by atoms with Crippen LogP contribution in [-0.2, 0) is 11.3 Å². The highest BCUT2D eigenvalue weighted by Gasteiger charge is 2.10. The number of ether oxygens (including phenoxy) is 3. The molecular formula is C20H22FNO4. The fourth-order valence-electron chi connectivity index (χ4n) is 2.34. The first kappa shape index (κ1) is 19.3. The van der Waals surface area contributed by atoms with Gasteiger partial charge in [0.15, 0.2) is 11.5 Å². The second-order valence-electron chi connectivity index (χ2n) is 5.58. The molecule has 0 radical (unpaired) electrons. The lowest BCUT2D eigenvalue weighted by Crippen LogP contribution is -2.20. The molecule has 1 N–H and O–H groups in total. The highest BCUT2D eigenvalue weighted by Crippen LogP contribution is 2.35. The van der Waals surface area contributed by atoms with Gasteiger partial charge in [0.25, 0.3) is 0 Å². The Kier molecular flexibility index (Phi) is 6.60. The number of nitrogens with one attached hydrogen (secondary N) is 1. The van der Waals surface area contributed by atoms with Crippen LogP contribution in [0, 0.1) is 12.7 Å². The molecule has 5 nitrogen and oxygen atoms in total. The predicted octanol–water partition coefficient (Wildman–Crippen LogP) is 3.49. The lowest BCUT2D eigenvalue weighted by molar-refractivity contribution is -0.116. The molecule has 2 aromatic rings. The minimum absolute atomic E-state index is 0.240. The Balaban J connectivity index is 2.08. The van der Waals surface area contributed by atoms with Crippen LogP contribution < -0.4 is 19.5 Å². The van der Waals surface area contributed by atoms with Gasteiger partial charge < -0.3 is 19.5 Å². The number of benzene rings is 2. The molecule has 0 saturated carbocycles. The molecule has 138 valence electrons. The Labute approximate surface area is 152 Å². The van der Waals surface area contributed by atoms with Gasteiger partial charge in [0.2, 0.25) is 5.91 Å². The van der Waals surface area contributed by atoms with Crippen LogP contribution in [0.5, 0.6) is 17.2 Å². The van der Waals surface area contributed by atoms with E-state index in [2.05, 4.69) is 5.32 Å². The van der Waals surface area contributed by atoms with Crippen molar-refractivity contribution in [2.24, 2.45) is 0 Å². The quantitative estimate of drug-likeness (QED) is 0.769. The summed E-state index contributed by atoms with van der Waals surface area (Å²) in [7, 11) is 4.60. The fraction of sp³-hybridized carbons (Fsp3) is 0.250. The average Bonchev–Trinajstić information content (AvgIpc) is 2.66. The van der Waals surface area contributed by atoms with Gasteiger partial charge >= 0.3 is 0 Å². The van der Waals surface area contributed by atoms with Crippen LogP contribution in [0.1, 0.15) is 16.7 Å². The van der Waals surface area contributed by atoms with E-state index in [1.807, 2.05) is 0 Å². The number of methoxy groups -OCH3 is 3. The van der Waals surface area contributed by atoms with Crippen molar-refractivity contribution in [1.29, 1.82) is 0 Å². The van der Waals surface area contributed by atoms with E-state index in [0.29, 0.717) is 33.9 Å². The Hall–Kier alpha value is -3.02. The van der Waals surface area contributed by atoms with Crippen LogP contribution in [0.3, 0.4) is 0 Å². The first-order valence-electron chi connectivity index (χ1n) is 7.99. The molecule has 1 amide bonds. The number of hydrogen-bond acceptors (Lipinski definition) is 4. The number of rotatable bonds is 7. The molecule has 0 atom stereocenters. The van der Waals surface area contributed by atoms with E-state index < -0.39 is 0 Å². The van der Waals surface area contributed by atoms with Gasteiger partial charge in [-0.3, -0.25) is 4.79 Å². The highest BCUT2D eigenvalue weighted by atomic mass is 19.1. The largest absolute Gasteiger partial charge is 0.496 e. The lowest BCUT2D eigenvalue weighted by Gasteiger charge is -2.12. The molecule has 6 heteroatoms. The van der Waals surface area contributed by atoms with Crippen molar-refractivity contribution in [2.45, 2.75) is 13.5 Å². The van der Waals surface area contributed by atoms with Crippen molar-refractivity contribution >= 4 is 12.0 Å². The summed E-state index contributed by atoms with van der Waals surface area (Å²) in [6, 6.07) is 8.28. The average molecular weight is 359 g/mol. The maximum absolute atomic E-state index is 13.5. The van der Waals surface area contributed by atoms with Gasteiger partial charge in [-0.15, -0.1) is 0 Å². The van der Waals surface area contributed by atoms with Crippen molar-refractivity contribution in [3.05, 3.63) is 58.9 Å². The van der Waals surface area contributed by atoms with E-state index >= 15 is 0 Å². The minimum Gasteiger partial charge on any atom is -0.496 e. The van der Waals surface area contributed by atoms with Gasteiger partial charge in [-0.1, -0.05) is 12.1 Å². The molecule has 0 bridgehead atoms. The molecule has 0 spiro atoms. The van der Waals surface area contributed by atoms with Gasteiger partial charge in [-0.2, -0.15) is 0 Å². The third-order valence-electron chi connectivity index (χ3n) is 3.85. The summed E-state index contributed by atoms with van der Waals surface area (Å²) >= 11 is 0. The van der Waals surface area contributed by atoms with Crippen molar-refractivity contribution in [3.8, 4) is 17.2 Å². The SMILES string of the molecule is COc1cc(OC)c(OC)cc1/C=C/C(=O)NCc1ccc(C)c(F)c1. The van der Waals surface area contributed by atoms with Gasteiger partial charge in [-0.05, 0) is 36.3 Å². The zero-order valence-electron chi connectivity index (χ0n) is 15.3. The first-order chi connectivity index (χ1) is 12.5. The normalized spacial score (nSPS) is 10.7. The second-order valence-corrected chi connectivity index (χ2v) is 5.58. The zero-order chi connectivity index (χ0) is 19.1. The number of aryl methyl sites for hydroxylation is 1. The third kappa shape index (κ3) is 4.75. The van der Waals surface area contributed by atoms with E-state index in [9.17, 15) is 9.18 Å². The molecule has 0 heterocycles. The Morgan fingerprint density at radius 1 is 1.04 bits per heavy atom. The summed E-state index contributed by atoms with van der Waals surface area (Å²) in [6.45, 7) is 1.93. The van der Waals surface area contributed by atoms with Crippen molar-refractivity contribution in [2.75, 3.05) is 21.3 Å². The molecule has 2 aromatic carbocycles. The molecule has 26 heavy (non-hydrogen) atoms. The van der Waals surface area contributed by atoms with E-state index in [1.165, 1.54) is 33.5 Å². The van der Waals surface area contributed by atoms with Crippen molar-refractivity contribution in [3.63, 3.8) is 0 Å². The van der Waals surface area contributed by atoms with Crippen LogP contribution in [0.15, 0.2) is 36.4 Å². The molecule has 2 rings (SSSR count). The van der Waals surface area contributed by atoms with Gasteiger partial charge in [-0.25, -0.2) is 4.39 Å². The second kappa shape index (κ2) is 8.89. The number of amides is 1. The number of carbonyl (C=O) groups is 1. The van der Waals surface area contributed by atoms with Gasteiger partial charge in [0, 0.05) is 24.3 Å². The summed E-state index contributed by atoms with van der Waals surface area (Å²) in [5, 5.41) is 2.72. The van der Waals surface area contributed by atoms with Crippen LogP contribution in [0.4, 0.5) is 4.39 Å². The van der Waals surface area contributed by atoms with Crippen molar-refractivity contribution in [1.82, 2.24) is 5.32 Å². The minimum atomic E-state index is -0.303. The van der Waals surface area contributed by atoms with Crippen LogP contribution >= 0.6 is 0 Å². The monoisotopic (exact) mass is 359 g/mol. The number of carbonyl (C=O) groups excluding carboxylic acids is 1. The number of hydrogen-bond donors (Lipinski definition) is 1. The van der Waals surface area contributed by atoms with Gasteiger partial charge in [0.1, 0.15) is 11.6 Å². The molecular weight excluding hydrogens is 337 g/mol. The summed E-state index contributed by atoms with van der Waals surface area (Å²) < 4.78 is 29.3. The van der Waals surface area contributed by atoms with Crippen molar-refractivity contribution < 1.29 is 23.4 Å². The Bertz CT molecular complexity index is 818. The van der Waals surface area contributed by atoms with E-state index in [4.69, 9.17) is 14.2 Å². The Morgan fingerprint density at radius 2 is 1.69 bits per heavy atom. The molecule has 0 aliphatic rings. The standard InChI is InChI=1S/C20H22FNO4/c1-13-5-6-14(9-16(13)21)12-22-20(23)8-7-15-10-18(25-3)19(26-4)11-17(15)24-2/h5-11H,12H2,1-4H3,(H,22,23)/b8-7+. The highest BCUT2D eigenvalue weighted by molar-refractivity contribution is 5.92. The lowest BCUT2D eigenvalue weighted by atomic mass is 10.1. The molecule has 0 saturated heterocycles. The summed E-state index contributed by atoms with van der Waals surface area (Å²) in [5.74, 6) is 1.02. The third-order valence-corrected chi connectivity index (χ3v) is 3.85. The van der Waals surface area contributed by atoms with Crippen LogP contribution in [0.25, 0.3) is 6.08 Å². The topological polar surface area (TPSA) is 56.8 Å². The predicted molar refractivity (Wildman–Crippen MR) is 98.1 cm³/mol. The van der Waals surface area contributed by atoms with Crippen LogP contribution in [0.2, 0.25) is 0 Å².